The number of hydrogen-bond acceptors (Lipinski definition) is 3. The largest absolute Gasteiger partial charge is 0.479 e. The highest BCUT2D eigenvalue weighted by Crippen LogP contribution is 2.37. The zero-order valence-electron chi connectivity index (χ0n) is 13.6. The first kappa shape index (κ1) is 17.8. The Kier molecular flexibility index (Phi) is 5.01. The fraction of sp³-hybridized carbons (Fsp3) is 0.222. The van der Waals surface area contributed by atoms with Gasteiger partial charge in [-0.25, -0.2) is 0 Å². The summed E-state index contributed by atoms with van der Waals surface area (Å²) in [5.74, 6) is -0.0521. The zero-order chi connectivity index (χ0) is 18.1. The number of anilines is 2. The number of carbonyl (C=O) groups excluding carboxylic acids is 2. The van der Waals surface area contributed by atoms with Crippen LogP contribution in [0.5, 0.6) is 5.75 Å². The highest BCUT2D eigenvalue weighted by atomic mass is 79.9. The van der Waals surface area contributed by atoms with Crippen molar-refractivity contribution in [1.82, 2.24) is 0 Å². The number of nitrogens with zero attached hydrogens (tertiary/aromatic N) is 1. The summed E-state index contributed by atoms with van der Waals surface area (Å²) in [5.41, 5.74) is 1.15. The second kappa shape index (κ2) is 7.06. The number of amides is 2. The van der Waals surface area contributed by atoms with Gasteiger partial charge in [0, 0.05) is 15.2 Å². The summed E-state index contributed by atoms with van der Waals surface area (Å²) in [4.78, 5) is 26.7. The van der Waals surface area contributed by atoms with Crippen molar-refractivity contribution >= 4 is 50.7 Å². The Morgan fingerprint density at radius 1 is 1.28 bits per heavy atom. The molecule has 2 aromatic carbocycles. The summed E-state index contributed by atoms with van der Waals surface area (Å²) in [6.07, 6.45) is -0.670. The van der Waals surface area contributed by atoms with Crippen LogP contribution >= 0.6 is 27.5 Å². The number of ether oxygens (including phenoxy) is 1. The number of rotatable bonds is 3. The minimum Gasteiger partial charge on any atom is -0.479 e. The molecule has 1 heterocycles. The zero-order valence-corrected chi connectivity index (χ0v) is 16.0. The topological polar surface area (TPSA) is 58.6 Å². The van der Waals surface area contributed by atoms with E-state index in [-0.39, 0.29) is 11.8 Å². The molecule has 130 valence electrons. The maximum absolute atomic E-state index is 12.7. The van der Waals surface area contributed by atoms with E-state index in [1.54, 1.807) is 44.2 Å². The van der Waals surface area contributed by atoms with Gasteiger partial charge in [0.05, 0.1) is 5.69 Å². The van der Waals surface area contributed by atoms with E-state index in [1.807, 2.05) is 12.1 Å². The molecule has 7 heteroatoms. The Bertz CT molecular complexity index is 826. The Hall–Kier alpha value is -2.05. The molecular formula is C18H16BrClN2O3. The van der Waals surface area contributed by atoms with Crippen molar-refractivity contribution in [3.63, 3.8) is 0 Å². The van der Waals surface area contributed by atoms with Gasteiger partial charge in [-0.15, -0.1) is 0 Å². The van der Waals surface area contributed by atoms with Crippen molar-refractivity contribution in [1.29, 1.82) is 0 Å². The average molecular weight is 424 g/mol. The van der Waals surface area contributed by atoms with E-state index in [9.17, 15) is 9.59 Å². The molecule has 2 unspecified atom stereocenters. The molecule has 1 N–H and O–H groups in total. The second-order valence-electron chi connectivity index (χ2n) is 5.75. The number of hydrogen-bond donors (Lipinski definition) is 1. The highest BCUT2D eigenvalue weighted by molar-refractivity contribution is 9.10. The van der Waals surface area contributed by atoms with E-state index in [1.165, 1.54) is 4.90 Å². The van der Waals surface area contributed by atoms with Gasteiger partial charge in [0.1, 0.15) is 11.8 Å². The van der Waals surface area contributed by atoms with Crippen LogP contribution in [-0.2, 0) is 9.59 Å². The number of halogens is 2. The number of fused-ring (bicyclic) bond motifs is 1. The molecule has 0 aliphatic carbocycles. The monoisotopic (exact) mass is 422 g/mol. The predicted molar refractivity (Wildman–Crippen MR) is 101 cm³/mol. The van der Waals surface area contributed by atoms with Gasteiger partial charge in [-0.1, -0.05) is 27.5 Å². The van der Waals surface area contributed by atoms with E-state index in [0.717, 1.165) is 4.47 Å². The lowest BCUT2D eigenvalue weighted by Gasteiger charge is -2.36. The third-order valence-electron chi connectivity index (χ3n) is 3.95. The summed E-state index contributed by atoms with van der Waals surface area (Å²) in [7, 11) is 0. The summed E-state index contributed by atoms with van der Waals surface area (Å²) < 4.78 is 6.52. The van der Waals surface area contributed by atoms with E-state index >= 15 is 0 Å². The first-order valence-electron chi connectivity index (χ1n) is 7.72. The SMILES string of the molecule is CC1Oc2ccc(Cl)cc2N(C(C)C(=O)Nc2ccc(Br)cc2)C1=O. The third-order valence-corrected chi connectivity index (χ3v) is 4.71. The number of nitrogens with one attached hydrogen (secondary N) is 1. The molecule has 2 atom stereocenters. The Labute approximate surface area is 159 Å². The van der Waals surface area contributed by atoms with Crippen LogP contribution in [0.3, 0.4) is 0 Å². The summed E-state index contributed by atoms with van der Waals surface area (Å²) in [6, 6.07) is 11.5. The quantitative estimate of drug-likeness (QED) is 0.803. The van der Waals surface area contributed by atoms with Crippen LogP contribution in [0, 0.1) is 0 Å². The van der Waals surface area contributed by atoms with Crippen LogP contribution in [0.4, 0.5) is 11.4 Å². The molecule has 0 saturated carbocycles. The fourth-order valence-electron chi connectivity index (χ4n) is 2.63. The molecule has 3 rings (SSSR count). The van der Waals surface area contributed by atoms with Crippen LogP contribution in [0.15, 0.2) is 46.9 Å². The smallest absolute Gasteiger partial charge is 0.268 e. The van der Waals surface area contributed by atoms with Crippen LogP contribution in [0.1, 0.15) is 13.8 Å². The van der Waals surface area contributed by atoms with Crippen molar-refractivity contribution in [3.8, 4) is 5.75 Å². The van der Waals surface area contributed by atoms with Crippen molar-refractivity contribution in [2.75, 3.05) is 10.2 Å². The minimum absolute atomic E-state index is 0.284. The summed E-state index contributed by atoms with van der Waals surface area (Å²) in [5, 5.41) is 3.29. The van der Waals surface area contributed by atoms with Gasteiger partial charge < -0.3 is 10.1 Å². The average Bonchev–Trinajstić information content (AvgIpc) is 2.58. The van der Waals surface area contributed by atoms with Gasteiger partial charge in [0.15, 0.2) is 6.10 Å². The Morgan fingerprint density at radius 2 is 1.96 bits per heavy atom. The van der Waals surface area contributed by atoms with Crippen LogP contribution < -0.4 is 15.0 Å². The molecule has 0 spiro atoms. The van der Waals surface area contributed by atoms with Gasteiger partial charge in [0.25, 0.3) is 5.91 Å². The second-order valence-corrected chi connectivity index (χ2v) is 7.10. The standard InChI is InChI=1S/C18H16BrClN2O3/c1-10(17(23)21-14-6-3-12(19)4-7-14)22-15-9-13(20)5-8-16(15)25-11(2)18(22)24/h3-11H,1-2H3,(H,21,23). The molecule has 1 aliphatic heterocycles. The van der Waals surface area contributed by atoms with Crippen LogP contribution in [0.25, 0.3) is 0 Å². The Morgan fingerprint density at radius 3 is 2.64 bits per heavy atom. The predicted octanol–water partition coefficient (Wildman–Crippen LogP) is 4.24. The van der Waals surface area contributed by atoms with E-state index < -0.39 is 12.1 Å². The molecule has 0 fully saturated rings. The lowest BCUT2D eigenvalue weighted by atomic mass is 10.1. The molecule has 2 amide bonds. The van der Waals surface area contributed by atoms with Gasteiger partial charge in [0.2, 0.25) is 5.91 Å². The normalized spacial score (nSPS) is 17.5. The van der Waals surface area contributed by atoms with E-state index in [4.69, 9.17) is 16.3 Å². The highest BCUT2D eigenvalue weighted by Gasteiger charge is 2.37. The lowest BCUT2D eigenvalue weighted by molar-refractivity contribution is -0.128. The molecule has 0 saturated heterocycles. The van der Waals surface area contributed by atoms with Gasteiger partial charge in [-0.05, 0) is 56.3 Å². The molecule has 0 radical (unpaired) electrons. The van der Waals surface area contributed by atoms with Crippen LogP contribution in [0.2, 0.25) is 5.02 Å². The molecular weight excluding hydrogens is 408 g/mol. The van der Waals surface area contributed by atoms with Crippen molar-refractivity contribution in [2.24, 2.45) is 0 Å². The molecule has 2 aromatic rings. The first-order valence-corrected chi connectivity index (χ1v) is 8.89. The maximum Gasteiger partial charge on any atom is 0.268 e. The number of carbonyl (C=O) groups is 2. The molecule has 1 aliphatic rings. The molecule has 0 bridgehead atoms. The molecule has 25 heavy (non-hydrogen) atoms. The molecule has 0 aromatic heterocycles. The fourth-order valence-corrected chi connectivity index (χ4v) is 3.06. The van der Waals surface area contributed by atoms with Crippen molar-refractivity contribution in [2.45, 2.75) is 26.0 Å². The minimum atomic E-state index is -0.722. The third kappa shape index (κ3) is 3.65. The van der Waals surface area contributed by atoms with Crippen LogP contribution in [-0.4, -0.2) is 24.0 Å². The summed E-state index contributed by atoms with van der Waals surface area (Å²) >= 11 is 9.41. The van der Waals surface area contributed by atoms with Crippen molar-refractivity contribution < 1.29 is 14.3 Å². The first-order chi connectivity index (χ1) is 11.9. The van der Waals surface area contributed by atoms with Gasteiger partial charge >= 0.3 is 0 Å². The van der Waals surface area contributed by atoms with E-state index in [0.29, 0.717) is 22.1 Å². The Balaban J connectivity index is 1.88. The molecule has 5 nitrogen and oxygen atoms in total. The lowest BCUT2D eigenvalue weighted by Crippen LogP contribution is -2.52. The van der Waals surface area contributed by atoms with Gasteiger partial charge in [-0.2, -0.15) is 0 Å². The van der Waals surface area contributed by atoms with E-state index in [2.05, 4.69) is 21.2 Å². The number of benzene rings is 2. The summed E-state index contributed by atoms with van der Waals surface area (Å²) in [6.45, 7) is 3.33. The van der Waals surface area contributed by atoms with Crippen molar-refractivity contribution in [3.05, 3.63) is 52.0 Å². The maximum atomic E-state index is 12.7. The van der Waals surface area contributed by atoms with Gasteiger partial charge in [-0.3, -0.25) is 14.5 Å².